The zero-order valence-corrected chi connectivity index (χ0v) is 36.9. The van der Waals surface area contributed by atoms with E-state index in [-0.39, 0.29) is 19.4 Å². The van der Waals surface area contributed by atoms with E-state index in [0.29, 0.717) is 6.42 Å². The third-order valence-corrected chi connectivity index (χ3v) is 10.3. The lowest BCUT2D eigenvalue weighted by atomic mass is 10.1. The van der Waals surface area contributed by atoms with Crippen LogP contribution in [0.5, 0.6) is 0 Å². The maximum atomic E-state index is 12.4. The Bertz CT molecular complexity index is 1050. The standard InChI is InChI=1S/C47H85O8P/c1-3-5-7-9-11-13-15-17-19-21-23-25-27-29-31-33-35-37-39-41-46(48)53-43-45(44-54-56(50,51)52)55-47(49)42-40-38-36-34-32-30-28-26-24-22-20-18-16-14-12-10-8-6-4-2/h11-14,17-20,45H,3-10,15-16,21-44H2,1-2H3,(H2,50,51,52)/b13-11+,14-12+,19-17+,20-18+/t45-/m1/s1. The Morgan fingerprint density at radius 1 is 0.464 bits per heavy atom. The molecule has 0 aromatic heterocycles. The van der Waals surface area contributed by atoms with Gasteiger partial charge in [-0.05, 0) is 77.0 Å². The number of phosphoric acid groups is 1. The molecule has 0 amide bonds. The molecule has 1 atom stereocenters. The van der Waals surface area contributed by atoms with Gasteiger partial charge in [0.05, 0.1) is 6.61 Å². The van der Waals surface area contributed by atoms with Crippen molar-refractivity contribution in [2.45, 2.75) is 225 Å². The van der Waals surface area contributed by atoms with Crippen molar-refractivity contribution >= 4 is 19.8 Å². The van der Waals surface area contributed by atoms with E-state index >= 15 is 0 Å². The van der Waals surface area contributed by atoms with E-state index in [1.54, 1.807) is 0 Å². The van der Waals surface area contributed by atoms with E-state index in [1.165, 1.54) is 116 Å². The van der Waals surface area contributed by atoms with E-state index in [1.807, 2.05) is 0 Å². The fraction of sp³-hybridized carbons (Fsp3) is 0.787. The number of esters is 2. The van der Waals surface area contributed by atoms with Crippen LogP contribution in [0, 0.1) is 0 Å². The summed E-state index contributed by atoms with van der Waals surface area (Å²) < 4.78 is 26.5. The van der Waals surface area contributed by atoms with Crippen LogP contribution in [0.15, 0.2) is 48.6 Å². The zero-order chi connectivity index (χ0) is 41.1. The van der Waals surface area contributed by atoms with Crippen LogP contribution < -0.4 is 0 Å². The van der Waals surface area contributed by atoms with Crippen molar-refractivity contribution in [3.63, 3.8) is 0 Å². The quantitative estimate of drug-likeness (QED) is 0.0271. The van der Waals surface area contributed by atoms with Gasteiger partial charge < -0.3 is 19.3 Å². The normalized spacial score (nSPS) is 12.9. The van der Waals surface area contributed by atoms with Crippen molar-refractivity contribution in [2.24, 2.45) is 0 Å². The average Bonchev–Trinajstić information content (AvgIpc) is 3.17. The van der Waals surface area contributed by atoms with Gasteiger partial charge in [-0.2, -0.15) is 0 Å². The summed E-state index contributed by atoms with van der Waals surface area (Å²) in [4.78, 5) is 43.0. The molecule has 9 heteroatoms. The highest BCUT2D eigenvalue weighted by Crippen LogP contribution is 2.36. The Labute approximate surface area is 344 Å². The summed E-state index contributed by atoms with van der Waals surface area (Å²) in [7, 11) is -4.76. The van der Waals surface area contributed by atoms with Gasteiger partial charge in [0.15, 0.2) is 6.10 Å². The third kappa shape index (κ3) is 44.7. The van der Waals surface area contributed by atoms with Crippen molar-refractivity contribution in [2.75, 3.05) is 13.2 Å². The molecule has 0 bridgehead atoms. The van der Waals surface area contributed by atoms with Crippen molar-refractivity contribution < 1.29 is 37.9 Å². The van der Waals surface area contributed by atoms with Crippen molar-refractivity contribution in [3.05, 3.63) is 48.6 Å². The highest BCUT2D eigenvalue weighted by Gasteiger charge is 2.22. The SMILES string of the molecule is CCCCC/C=C/C/C=C/CCCCCCCCCCCC(=O)OC[C@H](COP(=O)(O)O)OC(=O)CCCCCCCCCCC/C=C/C/C=C/CCCCC. The van der Waals surface area contributed by atoms with Gasteiger partial charge in [-0.15, -0.1) is 0 Å². The Balaban J connectivity index is 3.88. The van der Waals surface area contributed by atoms with Crippen molar-refractivity contribution in [1.82, 2.24) is 0 Å². The summed E-state index contributed by atoms with van der Waals surface area (Å²) in [5, 5.41) is 0. The van der Waals surface area contributed by atoms with Gasteiger partial charge in [0.1, 0.15) is 6.61 Å². The number of rotatable bonds is 42. The van der Waals surface area contributed by atoms with Crippen LogP contribution in [0.4, 0.5) is 0 Å². The minimum atomic E-state index is -4.76. The predicted octanol–water partition coefficient (Wildman–Crippen LogP) is 14.3. The van der Waals surface area contributed by atoms with Crippen LogP contribution in [0.3, 0.4) is 0 Å². The molecule has 56 heavy (non-hydrogen) atoms. The van der Waals surface area contributed by atoms with Gasteiger partial charge in [-0.1, -0.05) is 178 Å². The summed E-state index contributed by atoms with van der Waals surface area (Å²) in [6.45, 7) is 3.65. The molecule has 0 heterocycles. The molecule has 0 aliphatic carbocycles. The number of hydrogen-bond donors (Lipinski definition) is 2. The van der Waals surface area contributed by atoms with Crippen LogP contribution in [0.25, 0.3) is 0 Å². The van der Waals surface area contributed by atoms with Crippen LogP contribution >= 0.6 is 7.82 Å². The maximum Gasteiger partial charge on any atom is 0.469 e. The first-order valence-corrected chi connectivity index (χ1v) is 24.5. The summed E-state index contributed by atoms with van der Waals surface area (Å²) >= 11 is 0. The molecule has 0 aliphatic heterocycles. The number of carbonyl (C=O) groups excluding carboxylic acids is 2. The zero-order valence-electron chi connectivity index (χ0n) is 36.0. The number of ether oxygens (including phenoxy) is 2. The van der Waals surface area contributed by atoms with Gasteiger partial charge in [0, 0.05) is 12.8 Å². The highest BCUT2D eigenvalue weighted by molar-refractivity contribution is 7.46. The Hall–Kier alpha value is -1.99. The summed E-state index contributed by atoms with van der Waals surface area (Å²) in [6, 6.07) is 0. The van der Waals surface area contributed by atoms with E-state index < -0.39 is 32.5 Å². The van der Waals surface area contributed by atoms with Gasteiger partial charge in [0.2, 0.25) is 0 Å². The Kier molecular flexibility index (Phi) is 41.1. The lowest BCUT2D eigenvalue weighted by molar-refractivity contribution is -0.161. The van der Waals surface area contributed by atoms with Crippen molar-refractivity contribution in [3.8, 4) is 0 Å². The van der Waals surface area contributed by atoms with Crippen LogP contribution in [0.2, 0.25) is 0 Å². The van der Waals surface area contributed by atoms with Crippen LogP contribution in [-0.4, -0.2) is 41.0 Å². The molecule has 2 N–H and O–H groups in total. The fourth-order valence-corrected chi connectivity index (χ4v) is 6.74. The van der Waals surface area contributed by atoms with Gasteiger partial charge >= 0.3 is 19.8 Å². The van der Waals surface area contributed by atoms with Crippen molar-refractivity contribution in [1.29, 1.82) is 0 Å². The molecule has 0 spiro atoms. The maximum absolute atomic E-state index is 12.4. The van der Waals surface area contributed by atoms with Crippen LogP contribution in [-0.2, 0) is 28.2 Å². The van der Waals surface area contributed by atoms with E-state index in [0.717, 1.165) is 70.6 Å². The predicted molar refractivity (Wildman–Crippen MR) is 234 cm³/mol. The minimum Gasteiger partial charge on any atom is -0.462 e. The molecule has 0 aromatic carbocycles. The molecule has 326 valence electrons. The second kappa shape index (κ2) is 42.6. The molecule has 0 unspecified atom stereocenters. The summed E-state index contributed by atoms with van der Waals surface area (Å²) in [5.74, 6) is -0.890. The number of unbranched alkanes of at least 4 members (excludes halogenated alkanes) is 24. The first-order chi connectivity index (χ1) is 27.3. The molecule has 0 aliphatic rings. The molecular weight excluding hydrogens is 723 g/mol. The molecule has 0 saturated carbocycles. The number of phosphoric ester groups is 1. The summed E-state index contributed by atoms with van der Waals surface area (Å²) in [6.07, 6.45) is 52.5. The second-order valence-corrected chi connectivity index (χ2v) is 16.6. The first kappa shape index (κ1) is 54.0. The lowest BCUT2D eigenvalue weighted by Gasteiger charge is -2.18. The molecule has 0 fully saturated rings. The molecule has 0 saturated heterocycles. The fourth-order valence-electron chi connectivity index (χ4n) is 6.38. The number of carbonyl (C=O) groups is 2. The second-order valence-electron chi connectivity index (χ2n) is 15.4. The van der Waals surface area contributed by atoms with Crippen LogP contribution in [0.1, 0.15) is 219 Å². The lowest BCUT2D eigenvalue weighted by Crippen LogP contribution is -2.29. The average molecular weight is 809 g/mol. The van der Waals surface area contributed by atoms with Gasteiger partial charge in [-0.3, -0.25) is 14.1 Å². The number of hydrogen-bond acceptors (Lipinski definition) is 6. The first-order valence-electron chi connectivity index (χ1n) is 22.9. The topological polar surface area (TPSA) is 119 Å². The summed E-state index contributed by atoms with van der Waals surface area (Å²) in [5.41, 5.74) is 0. The number of allylic oxidation sites excluding steroid dienone is 8. The third-order valence-electron chi connectivity index (χ3n) is 9.82. The largest absolute Gasteiger partial charge is 0.469 e. The highest BCUT2D eigenvalue weighted by atomic mass is 31.2. The molecular formula is C47H85O8P. The molecule has 0 aromatic rings. The van der Waals surface area contributed by atoms with E-state index in [9.17, 15) is 14.2 Å². The molecule has 0 radical (unpaired) electrons. The molecule has 0 rings (SSSR count). The molecule has 8 nitrogen and oxygen atoms in total. The minimum absolute atomic E-state index is 0.206. The monoisotopic (exact) mass is 809 g/mol. The Morgan fingerprint density at radius 3 is 1.18 bits per heavy atom. The van der Waals surface area contributed by atoms with Gasteiger partial charge in [0.25, 0.3) is 0 Å². The smallest absolute Gasteiger partial charge is 0.462 e. The Morgan fingerprint density at radius 2 is 0.804 bits per heavy atom. The van der Waals surface area contributed by atoms with E-state index in [2.05, 4.69) is 67.0 Å². The van der Waals surface area contributed by atoms with Gasteiger partial charge in [-0.25, -0.2) is 4.57 Å². The van der Waals surface area contributed by atoms with E-state index in [4.69, 9.17) is 19.3 Å².